The number of hydrogen-bond acceptors (Lipinski definition) is 5. The first-order chi connectivity index (χ1) is 13.5. The fourth-order valence-corrected chi connectivity index (χ4v) is 3.59. The molecule has 0 aliphatic carbocycles. The second kappa shape index (κ2) is 9.12. The zero-order chi connectivity index (χ0) is 20.1. The fraction of sp³-hybridized carbons (Fsp3) is 0.650. The molecular weight excluding hydrogens is 356 g/mol. The van der Waals surface area contributed by atoms with Gasteiger partial charge in [0.25, 0.3) is 11.7 Å². The minimum absolute atomic E-state index is 0.156. The summed E-state index contributed by atoms with van der Waals surface area (Å²) in [7, 11) is 0. The Kier molecular flexibility index (Phi) is 6.59. The normalized spacial score (nSPS) is 15.8. The number of aromatic nitrogens is 4. The largest absolute Gasteiger partial charge is 0.339 e. The van der Waals surface area contributed by atoms with E-state index in [-0.39, 0.29) is 17.6 Å². The number of nitrogens with zero attached hydrogens (tertiary/aromatic N) is 6. The predicted octanol–water partition coefficient (Wildman–Crippen LogP) is 2.32. The zero-order valence-electron chi connectivity index (χ0n) is 17.1. The van der Waals surface area contributed by atoms with E-state index >= 15 is 0 Å². The fourth-order valence-electron chi connectivity index (χ4n) is 3.59. The first-order valence-electron chi connectivity index (χ1n) is 10.3. The minimum atomic E-state index is -0.204. The molecule has 1 aliphatic heterocycles. The second-order valence-corrected chi connectivity index (χ2v) is 7.60. The number of rotatable bonds is 7. The number of carbonyl (C=O) groups excluding carboxylic acids is 2. The molecule has 3 heterocycles. The minimum Gasteiger partial charge on any atom is -0.339 e. The summed E-state index contributed by atoms with van der Waals surface area (Å²) in [6, 6.07) is 0. The summed E-state index contributed by atoms with van der Waals surface area (Å²) in [4.78, 5) is 37.4. The van der Waals surface area contributed by atoms with Crippen molar-refractivity contribution in [1.29, 1.82) is 0 Å². The molecule has 8 nitrogen and oxygen atoms in total. The Balaban J connectivity index is 1.55. The molecule has 152 valence electrons. The van der Waals surface area contributed by atoms with Crippen molar-refractivity contribution in [2.75, 3.05) is 26.2 Å². The third-order valence-corrected chi connectivity index (χ3v) is 5.44. The van der Waals surface area contributed by atoms with Crippen LogP contribution in [-0.2, 0) is 4.79 Å². The highest BCUT2D eigenvalue weighted by molar-refractivity contribution is 5.91. The van der Waals surface area contributed by atoms with Crippen molar-refractivity contribution in [3.63, 3.8) is 0 Å². The van der Waals surface area contributed by atoms with Crippen molar-refractivity contribution >= 4 is 17.6 Å². The summed E-state index contributed by atoms with van der Waals surface area (Å²) >= 11 is 0. The van der Waals surface area contributed by atoms with Crippen molar-refractivity contribution in [3.05, 3.63) is 23.8 Å². The average molecular weight is 387 g/mol. The molecule has 0 aromatic carbocycles. The summed E-state index contributed by atoms with van der Waals surface area (Å²) < 4.78 is 1.53. The molecular formula is C20H30N6O2. The van der Waals surface area contributed by atoms with Gasteiger partial charge in [0.05, 0.1) is 0 Å². The van der Waals surface area contributed by atoms with Crippen LogP contribution < -0.4 is 0 Å². The standard InChI is InChI=1S/C20H30N6O2/c1-4-6-7-16(5-2)12-17(27)24-8-10-25(11-9-24)19(28)18-22-20-21-13-15(3)14-26(20)23-18/h13-14,16H,4-12H2,1-3H3. The monoisotopic (exact) mass is 386 g/mol. The Morgan fingerprint density at radius 3 is 2.54 bits per heavy atom. The van der Waals surface area contributed by atoms with Gasteiger partial charge in [0.1, 0.15) is 0 Å². The average Bonchev–Trinajstić information content (AvgIpc) is 3.13. The summed E-state index contributed by atoms with van der Waals surface area (Å²) in [5, 5.41) is 4.25. The van der Waals surface area contributed by atoms with Crippen LogP contribution in [0.2, 0.25) is 0 Å². The van der Waals surface area contributed by atoms with Crippen LogP contribution in [-0.4, -0.2) is 67.4 Å². The number of hydrogen-bond donors (Lipinski definition) is 0. The quantitative estimate of drug-likeness (QED) is 0.729. The molecule has 0 radical (unpaired) electrons. The van der Waals surface area contributed by atoms with E-state index in [1.807, 2.05) is 11.8 Å². The second-order valence-electron chi connectivity index (χ2n) is 7.60. The molecule has 1 aliphatic rings. The van der Waals surface area contributed by atoms with Crippen LogP contribution in [0.25, 0.3) is 5.78 Å². The molecule has 0 saturated carbocycles. The number of fused-ring (bicyclic) bond motifs is 1. The van der Waals surface area contributed by atoms with Crippen LogP contribution in [0, 0.1) is 12.8 Å². The Morgan fingerprint density at radius 1 is 1.14 bits per heavy atom. The third kappa shape index (κ3) is 4.66. The van der Waals surface area contributed by atoms with Crippen molar-refractivity contribution < 1.29 is 9.59 Å². The Morgan fingerprint density at radius 2 is 1.86 bits per heavy atom. The van der Waals surface area contributed by atoms with E-state index in [1.54, 1.807) is 17.3 Å². The lowest BCUT2D eigenvalue weighted by Crippen LogP contribution is -2.51. The van der Waals surface area contributed by atoms with Gasteiger partial charge in [-0.05, 0) is 24.8 Å². The maximum absolute atomic E-state index is 12.7. The van der Waals surface area contributed by atoms with E-state index < -0.39 is 0 Å². The maximum atomic E-state index is 12.7. The topological polar surface area (TPSA) is 83.7 Å². The van der Waals surface area contributed by atoms with Crippen molar-refractivity contribution in [3.8, 4) is 0 Å². The van der Waals surface area contributed by atoms with Gasteiger partial charge in [0, 0.05) is 45.0 Å². The summed E-state index contributed by atoms with van der Waals surface area (Å²) in [5.74, 6) is 1.04. The molecule has 3 rings (SSSR count). The SMILES string of the molecule is CCCCC(CC)CC(=O)N1CCN(C(=O)c2nc3ncc(C)cn3n2)CC1. The van der Waals surface area contributed by atoms with Gasteiger partial charge in [-0.25, -0.2) is 9.50 Å². The molecule has 0 spiro atoms. The summed E-state index contributed by atoms with van der Waals surface area (Å²) in [6.45, 7) is 8.41. The van der Waals surface area contributed by atoms with Gasteiger partial charge in [0.15, 0.2) is 0 Å². The lowest BCUT2D eigenvalue weighted by atomic mass is 9.95. The molecule has 28 heavy (non-hydrogen) atoms. The number of aryl methyl sites for hydroxylation is 1. The van der Waals surface area contributed by atoms with Crippen molar-refractivity contribution in [2.24, 2.45) is 5.92 Å². The van der Waals surface area contributed by atoms with Gasteiger partial charge in [-0.3, -0.25) is 9.59 Å². The molecule has 2 aromatic rings. The van der Waals surface area contributed by atoms with E-state index in [0.717, 1.165) is 24.8 Å². The van der Waals surface area contributed by atoms with Gasteiger partial charge in [-0.1, -0.05) is 33.1 Å². The summed E-state index contributed by atoms with van der Waals surface area (Å²) in [6.07, 6.45) is 8.61. The highest BCUT2D eigenvalue weighted by atomic mass is 16.2. The zero-order valence-corrected chi connectivity index (χ0v) is 17.1. The van der Waals surface area contributed by atoms with Crippen molar-refractivity contribution in [2.45, 2.75) is 52.9 Å². The van der Waals surface area contributed by atoms with Crippen LogP contribution in [0.4, 0.5) is 0 Å². The van der Waals surface area contributed by atoms with Crippen molar-refractivity contribution in [1.82, 2.24) is 29.4 Å². The maximum Gasteiger partial charge on any atom is 0.293 e. The number of piperazine rings is 1. The van der Waals surface area contributed by atoms with Gasteiger partial charge in [-0.2, -0.15) is 4.98 Å². The predicted molar refractivity (Wildman–Crippen MR) is 106 cm³/mol. The molecule has 8 heteroatoms. The van der Waals surface area contributed by atoms with E-state index in [2.05, 4.69) is 28.9 Å². The van der Waals surface area contributed by atoms with Crippen LogP contribution in [0.5, 0.6) is 0 Å². The van der Waals surface area contributed by atoms with Gasteiger partial charge >= 0.3 is 0 Å². The van der Waals surface area contributed by atoms with E-state index in [4.69, 9.17) is 0 Å². The van der Waals surface area contributed by atoms with Gasteiger partial charge < -0.3 is 9.80 Å². The van der Waals surface area contributed by atoms with Gasteiger partial charge in [0.2, 0.25) is 11.7 Å². The molecule has 0 N–H and O–H groups in total. The Labute approximate surface area is 165 Å². The Bertz CT molecular complexity index is 825. The Hall–Kier alpha value is -2.51. The molecule has 1 atom stereocenters. The summed E-state index contributed by atoms with van der Waals surface area (Å²) in [5.41, 5.74) is 0.952. The molecule has 2 aromatic heterocycles. The number of amides is 2. The lowest BCUT2D eigenvalue weighted by Gasteiger charge is -2.35. The highest BCUT2D eigenvalue weighted by Crippen LogP contribution is 2.19. The molecule has 0 bridgehead atoms. The van der Waals surface area contributed by atoms with Crippen LogP contribution in [0.3, 0.4) is 0 Å². The number of carbonyl (C=O) groups is 2. The van der Waals surface area contributed by atoms with Gasteiger partial charge in [-0.15, -0.1) is 5.10 Å². The lowest BCUT2D eigenvalue weighted by molar-refractivity contribution is -0.133. The molecule has 1 saturated heterocycles. The van der Waals surface area contributed by atoms with E-state index in [9.17, 15) is 9.59 Å². The van der Waals surface area contributed by atoms with E-state index in [1.165, 1.54) is 10.9 Å². The molecule has 2 amide bonds. The smallest absolute Gasteiger partial charge is 0.293 e. The first-order valence-corrected chi connectivity index (χ1v) is 10.3. The molecule has 1 fully saturated rings. The molecule has 1 unspecified atom stereocenters. The third-order valence-electron chi connectivity index (χ3n) is 5.44. The van der Waals surface area contributed by atoms with Crippen LogP contribution >= 0.6 is 0 Å². The van der Waals surface area contributed by atoms with E-state index in [0.29, 0.717) is 44.3 Å². The highest BCUT2D eigenvalue weighted by Gasteiger charge is 2.28. The van der Waals surface area contributed by atoms with Crippen LogP contribution in [0.15, 0.2) is 12.4 Å². The van der Waals surface area contributed by atoms with Crippen LogP contribution in [0.1, 0.15) is 62.1 Å². The number of unbranched alkanes of at least 4 members (excludes halogenated alkanes) is 1. The first kappa shape index (κ1) is 20.2.